The van der Waals surface area contributed by atoms with Crippen molar-refractivity contribution in [3.05, 3.63) is 35.4 Å². The molecule has 14 heteroatoms. The van der Waals surface area contributed by atoms with Gasteiger partial charge < -0.3 is 26.0 Å². The molecule has 1 fully saturated rings. The van der Waals surface area contributed by atoms with Crippen molar-refractivity contribution in [1.29, 1.82) is 0 Å². The van der Waals surface area contributed by atoms with Gasteiger partial charge >= 0.3 is 12.1 Å². The van der Waals surface area contributed by atoms with Crippen LogP contribution in [0.3, 0.4) is 0 Å². The maximum absolute atomic E-state index is 13.5. The van der Waals surface area contributed by atoms with Crippen molar-refractivity contribution in [2.24, 2.45) is 11.8 Å². The van der Waals surface area contributed by atoms with Gasteiger partial charge in [0.15, 0.2) is 0 Å². The number of carboxylic acids is 1. The molecule has 4 N–H and O–H groups in total. The van der Waals surface area contributed by atoms with E-state index in [4.69, 9.17) is 5.11 Å². The molecule has 0 bridgehead atoms. The van der Waals surface area contributed by atoms with E-state index in [1.165, 1.54) is 43.0 Å². The van der Waals surface area contributed by atoms with E-state index in [1.54, 1.807) is 13.8 Å². The monoisotopic (exact) mass is 598 g/mol. The van der Waals surface area contributed by atoms with Crippen molar-refractivity contribution in [2.45, 2.75) is 77.7 Å². The first kappa shape index (κ1) is 34.2. The number of hydrogen-bond acceptors (Lipinski definition) is 6. The molecule has 0 aromatic heterocycles. The van der Waals surface area contributed by atoms with Gasteiger partial charge in [-0.3, -0.25) is 28.8 Å². The summed E-state index contributed by atoms with van der Waals surface area (Å²) in [5.41, 5.74) is 0.394. The third-order valence-corrected chi connectivity index (χ3v) is 6.85. The summed E-state index contributed by atoms with van der Waals surface area (Å²) in [4.78, 5) is 75.3. The molecule has 1 aromatic rings. The van der Waals surface area contributed by atoms with Gasteiger partial charge in [-0.05, 0) is 55.4 Å². The van der Waals surface area contributed by atoms with E-state index in [-0.39, 0.29) is 43.5 Å². The number of amides is 4. The number of aliphatic carboxylic acids is 1. The predicted octanol–water partition coefficient (Wildman–Crippen LogP) is 2.30. The lowest BCUT2D eigenvalue weighted by molar-refractivity contribution is -0.175. The number of hydrogen-bond donors (Lipinski definition) is 4. The third kappa shape index (κ3) is 9.28. The van der Waals surface area contributed by atoms with Crippen molar-refractivity contribution < 1.29 is 47.0 Å². The van der Waals surface area contributed by atoms with Gasteiger partial charge in [0, 0.05) is 30.6 Å². The van der Waals surface area contributed by atoms with Gasteiger partial charge in [-0.25, -0.2) is 0 Å². The molecular weight excluding hydrogens is 561 g/mol. The largest absolute Gasteiger partial charge is 0.481 e. The molecule has 1 aromatic carbocycles. The van der Waals surface area contributed by atoms with E-state index in [1.807, 2.05) is 0 Å². The Balaban J connectivity index is 2.09. The molecule has 232 valence electrons. The number of ketones is 1. The van der Waals surface area contributed by atoms with Crippen molar-refractivity contribution in [1.82, 2.24) is 20.9 Å². The van der Waals surface area contributed by atoms with Gasteiger partial charge in [-0.2, -0.15) is 13.2 Å². The molecule has 2 rings (SSSR count). The zero-order valence-corrected chi connectivity index (χ0v) is 23.9. The molecule has 1 saturated heterocycles. The second-order valence-electron chi connectivity index (χ2n) is 10.8. The minimum atomic E-state index is -5.13. The van der Waals surface area contributed by atoms with Crippen molar-refractivity contribution in [3.8, 4) is 0 Å². The summed E-state index contributed by atoms with van der Waals surface area (Å²) in [5, 5.41) is 16.1. The summed E-state index contributed by atoms with van der Waals surface area (Å²) in [7, 11) is 0. The highest BCUT2D eigenvalue weighted by molar-refractivity contribution is 6.00. The molecular formula is C28H37F3N4O7. The highest BCUT2D eigenvalue weighted by atomic mass is 19.4. The lowest BCUT2D eigenvalue weighted by atomic mass is 9.98. The highest BCUT2D eigenvalue weighted by Gasteiger charge is 2.46. The first-order valence-electron chi connectivity index (χ1n) is 13.7. The van der Waals surface area contributed by atoms with Gasteiger partial charge in [0.25, 0.3) is 17.6 Å². The number of nitrogens with one attached hydrogen (secondary N) is 3. The molecule has 11 nitrogen and oxygen atoms in total. The maximum atomic E-state index is 13.5. The minimum Gasteiger partial charge on any atom is -0.481 e. The van der Waals surface area contributed by atoms with E-state index in [2.05, 4.69) is 16.0 Å². The lowest BCUT2D eigenvalue weighted by Crippen LogP contribution is -2.58. The molecule has 0 aliphatic carbocycles. The lowest BCUT2D eigenvalue weighted by Gasteiger charge is -2.32. The number of nitrogens with zero attached hydrogens (tertiary/aromatic N) is 1. The second-order valence-corrected chi connectivity index (χ2v) is 10.8. The van der Waals surface area contributed by atoms with Crippen LogP contribution < -0.4 is 16.0 Å². The standard InChI is InChI=1S/C28H37F3N4O7/c1-15(2)21(23(38)28(29,30)31)33-26(41)19-7-6-14-35(19)27(42)22(16(3)4)34-25(40)18-11-9-17(10-12-18)24(39)32-13-5-8-20(36)37/h9-12,15-16,19,21-22H,5-8,13-14H2,1-4H3,(H,32,39)(H,33,41)(H,34,40)(H,36,37)/t19-,21?,22?/m0/s1. The van der Waals surface area contributed by atoms with Crippen LogP contribution in [0.15, 0.2) is 24.3 Å². The average Bonchev–Trinajstić information content (AvgIpc) is 3.41. The molecule has 2 unspecified atom stereocenters. The molecule has 4 amide bonds. The van der Waals surface area contributed by atoms with Gasteiger partial charge in [0.05, 0.1) is 6.04 Å². The van der Waals surface area contributed by atoms with Crippen LogP contribution >= 0.6 is 0 Å². The Morgan fingerprint density at radius 1 is 0.905 bits per heavy atom. The molecule has 1 aliphatic heterocycles. The summed E-state index contributed by atoms with van der Waals surface area (Å²) in [6.45, 7) is 6.42. The number of benzene rings is 1. The molecule has 1 aliphatic rings. The zero-order chi connectivity index (χ0) is 31.8. The van der Waals surface area contributed by atoms with E-state index < -0.39 is 71.5 Å². The zero-order valence-electron chi connectivity index (χ0n) is 23.9. The van der Waals surface area contributed by atoms with Crippen LogP contribution in [-0.2, 0) is 19.2 Å². The van der Waals surface area contributed by atoms with Crippen LogP contribution in [0.2, 0.25) is 0 Å². The van der Waals surface area contributed by atoms with Crippen molar-refractivity contribution >= 4 is 35.4 Å². The Bertz CT molecular complexity index is 1170. The Labute approximate surface area is 241 Å². The van der Waals surface area contributed by atoms with E-state index >= 15 is 0 Å². The highest BCUT2D eigenvalue weighted by Crippen LogP contribution is 2.24. The maximum Gasteiger partial charge on any atom is 0.452 e. The van der Waals surface area contributed by atoms with E-state index in [9.17, 15) is 41.9 Å². The van der Waals surface area contributed by atoms with Gasteiger partial charge in [0.1, 0.15) is 12.1 Å². The molecule has 1 heterocycles. The molecule has 42 heavy (non-hydrogen) atoms. The summed E-state index contributed by atoms with van der Waals surface area (Å²) >= 11 is 0. The molecule has 0 radical (unpaired) electrons. The topological polar surface area (TPSA) is 162 Å². The Hall–Kier alpha value is -3.97. The van der Waals surface area contributed by atoms with E-state index in [0.717, 1.165) is 0 Å². The van der Waals surface area contributed by atoms with E-state index in [0.29, 0.717) is 6.42 Å². The smallest absolute Gasteiger partial charge is 0.452 e. The van der Waals surface area contributed by atoms with Crippen molar-refractivity contribution in [2.75, 3.05) is 13.1 Å². The number of likely N-dealkylation sites (tertiary alicyclic amines) is 1. The van der Waals surface area contributed by atoms with Crippen LogP contribution in [0.25, 0.3) is 0 Å². The Morgan fingerprint density at radius 3 is 1.95 bits per heavy atom. The number of carboxylic acid groups (broad SMARTS) is 1. The first-order valence-corrected chi connectivity index (χ1v) is 13.7. The number of halogens is 3. The number of rotatable bonds is 13. The quantitative estimate of drug-likeness (QED) is 0.253. The summed E-state index contributed by atoms with van der Waals surface area (Å²) in [6.07, 6.45) is -4.38. The summed E-state index contributed by atoms with van der Waals surface area (Å²) in [5.74, 6) is -6.83. The molecule has 0 spiro atoms. The second kappa shape index (κ2) is 14.8. The fourth-order valence-corrected chi connectivity index (χ4v) is 4.50. The SMILES string of the molecule is CC(C)C(NC(=O)c1ccc(C(=O)NCCCC(=O)O)cc1)C(=O)N1CCC[C@H]1C(=O)NC(C(=O)C(F)(F)F)C(C)C. The fraction of sp³-hybridized carbons (Fsp3) is 0.571. The van der Waals surface area contributed by atoms with Crippen LogP contribution in [0.4, 0.5) is 13.2 Å². The predicted molar refractivity (Wildman–Crippen MR) is 144 cm³/mol. The first-order chi connectivity index (χ1) is 19.5. The number of Topliss-reactive ketones (excluding diaryl/α,β-unsaturated/α-hetero) is 1. The number of alkyl halides is 3. The van der Waals surface area contributed by atoms with Gasteiger partial charge in [-0.1, -0.05) is 27.7 Å². The Kier molecular flexibility index (Phi) is 12.0. The number of carbonyl (C=O) groups excluding carboxylic acids is 5. The van der Waals surface area contributed by atoms with Crippen LogP contribution in [-0.4, -0.2) is 82.8 Å². The van der Waals surface area contributed by atoms with Crippen LogP contribution in [0.1, 0.15) is 74.1 Å². The van der Waals surface area contributed by atoms with Crippen molar-refractivity contribution in [3.63, 3.8) is 0 Å². The minimum absolute atomic E-state index is 0.0891. The fourth-order valence-electron chi connectivity index (χ4n) is 4.50. The molecule has 3 atom stereocenters. The number of carbonyl (C=O) groups is 6. The molecule has 0 saturated carbocycles. The summed E-state index contributed by atoms with van der Waals surface area (Å²) in [6, 6.07) is 1.61. The van der Waals surface area contributed by atoms with Gasteiger partial charge in [-0.15, -0.1) is 0 Å². The normalized spacial score (nSPS) is 16.6. The average molecular weight is 599 g/mol. The third-order valence-electron chi connectivity index (χ3n) is 6.85. The van der Waals surface area contributed by atoms with Crippen LogP contribution in [0.5, 0.6) is 0 Å². The van der Waals surface area contributed by atoms with Crippen LogP contribution in [0, 0.1) is 11.8 Å². The summed E-state index contributed by atoms with van der Waals surface area (Å²) < 4.78 is 39.2. The van der Waals surface area contributed by atoms with Gasteiger partial charge in [0.2, 0.25) is 11.8 Å². The Morgan fingerprint density at radius 2 is 1.45 bits per heavy atom.